The maximum atomic E-state index is 2.53. The lowest BCUT2D eigenvalue weighted by molar-refractivity contribution is 0.445. The number of fused-ring (bicyclic) bond motifs is 7. The first kappa shape index (κ1) is 39.6. The molecule has 2 heterocycles. The first-order valence-electron chi connectivity index (χ1n) is 23.9. The van der Waals surface area contributed by atoms with E-state index >= 15 is 0 Å². The number of benzene rings is 10. The van der Waals surface area contributed by atoms with Crippen LogP contribution in [0.2, 0.25) is 0 Å². The zero-order valence-electron chi connectivity index (χ0n) is 37.3. The number of thiophene rings is 1. The van der Waals surface area contributed by atoms with E-state index in [9.17, 15) is 0 Å². The van der Waals surface area contributed by atoms with E-state index < -0.39 is 0 Å². The molecule has 320 valence electrons. The molecular formula is C64H48N2S. The lowest BCUT2D eigenvalue weighted by Crippen LogP contribution is -2.12. The minimum Gasteiger partial charge on any atom is -0.309 e. The van der Waals surface area contributed by atoms with Crippen LogP contribution < -0.4 is 4.90 Å². The smallest absolute Gasteiger partial charge is 0.0547 e. The van der Waals surface area contributed by atoms with Crippen molar-refractivity contribution in [1.82, 2.24) is 4.57 Å². The number of aromatic nitrogens is 1. The highest BCUT2D eigenvalue weighted by Crippen LogP contribution is 2.50. The van der Waals surface area contributed by atoms with Crippen molar-refractivity contribution in [3.8, 4) is 39.1 Å². The highest BCUT2D eigenvalue weighted by molar-refractivity contribution is 7.26. The summed E-state index contributed by atoms with van der Waals surface area (Å²) in [6.07, 6.45) is 6.46. The van der Waals surface area contributed by atoms with E-state index in [1.807, 2.05) is 11.3 Å². The number of para-hydroxylation sites is 4. The standard InChI is InChI=1S/C64H48N2S/c1-3-18-44(19-4-1)49-28-15-20-45-21-16-29-55(63(45)49)51-25-8-12-33-59(51)65(60-34-13-9-26-52(60)56-30-17-31-57-54-27-10-14-35-62(54)67-64(56)57)48-39-36-43(37-40-48)46-38-41-53-50-24-7-11-32-58(50)66(61(53)42-46)47-22-5-2-6-23-47/h2,5-17,20-42,44H,1,3-4,18-19H2. The van der Waals surface area contributed by atoms with Crippen molar-refractivity contribution in [1.29, 1.82) is 0 Å². The number of rotatable bonds is 8. The van der Waals surface area contributed by atoms with Crippen LogP contribution in [0.1, 0.15) is 43.6 Å². The molecule has 0 unspecified atom stereocenters. The molecule has 13 rings (SSSR count). The van der Waals surface area contributed by atoms with Gasteiger partial charge in [-0.15, -0.1) is 11.3 Å². The lowest BCUT2D eigenvalue weighted by atomic mass is 9.80. The van der Waals surface area contributed by atoms with Gasteiger partial charge in [-0.05, 0) is 106 Å². The Morgan fingerprint density at radius 2 is 1.01 bits per heavy atom. The summed E-state index contributed by atoms with van der Waals surface area (Å²) in [5.74, 6) is 0.574. The Kier molecular flexibility index (Phi) is 9.83. The van der Waals surface area contributed by atoms with Gasteiger partial charge in [0.05, 0.1) is 22.4 Å². The third-order valence-electron chi connectivity index (χ3n) is 14.4. The van der Waals surface area contributed by atoms with Crippen LogP contribution in [-0.2, 0) is 0 Å². The topological polar surface area (TPSA) is 8.17 Å². The van der Waals surface area contributed by atoms with E-state index in [-0.39, 0.29) is 0 Å². The largest absolute Gasteiger partial charge is 0.309 e. The zero-order valence-corrected chi connectivity index (χ0v) is 38.1. The molecule has 0 atom stereocenters. The van der Waals surface area contributed by atoms with E-state index in [1.54, 1.807) is 0 Å². The van der Waals surface area contributed by atoms with E-state index in [4.69, 9.17) is 0 Å². The minimum atomic E-state index is 0.574. The Balaban J connectivity index is 1.01. The van der Waals surface area contributed by atoms with Gasteiger partial charge in [-0.1, -0.05) is 189 Å². The Bertz CT molecular complexity index is 3790. The molecule has 0 bridgehead atoms. The van der Waals surface area contributed by atoms with Crippen LogP contribution in [0.4, 0.5) is 17.1 Å². The Hall–Kier alpha value is -7.72. The molecule has 0 amide bonds. The SMILES string of the molecule is c1ccc(-n2c3ccccc3c3ccc(-c4ccc(N(c5ccccc5-c5cccc6c5sc5ccccc56)c5ccccc5-c5cccc6cccc(C7CCCCC7)c56)cc4)cc32)cc1. The van der Waals surface area contributed by atoms with E-state index in [1.165, 1.54) is 124 Å². The van der Waals surface area contributed by atoms with Crippen LogP contribution in [0.3, 0.4) is 0 Å². The molecule has 10 aromatic carbocycles. The first-order chi connectivity index (χ1) is 33.3. The van der Waals surface area contributed by atoms with Gasteiger partial charge in [0.25, 0.3) is 0 Å². The molecule has 0 aliphatic heterocycles. The summed E-state index contributed by atoms with van der Waals surface area (Å²) in [5.41, 5.74) is 15.8. The molecule has 1 saturated carbocycles. The third-order valence-corrected chi connectivity index (χ3v) is 15.6. The summed E-state index contributed by atoms with van der Waals surface area (Å²) < 4.78 is 5.03. The fraction of sp³-hybridized carbons (Fsp3) is 0.0938. The summed E-state index contributed by atoms with van der Waals surface area (Å²) >= 11 is 1.89. The van der Waals surface area contributed by atoms with Crippen LogP contribution in [-0.4, -0.2) is 4.57 Å². The van der Waals surface area contributed by atoms with Crippen LogP contribution >= 0.6 is 11.3 Å². The van der Waals surface area contributed by atoms with Gasteiger partial charge in [0.2, 0.25) is 0 Å². The van der Waals surface area contributed by atoms with Crippen molar-refractivity contribution in [2.24, 2.45) is 0 Å². The molecule has 0 saturated heterocycles. The van der Waals surface area contributed by atoms with Gasteiger partial charge in [0.15, 0.2) is 0 Å². The first-order valence-corrected chi connectivity index (χ1v) is 24.7. The van der Waals surface area contributed by atoms with Crippen LogP contribution in [0.25, 0.3) is 91.8 Å². The fourth-order valence-corrected chi connectivity index (χ4v) is 12.5. The van der Waals surface area contributed by atoms with Crippen molar-refractivity contribution in [2.75, 3.05) is 4.90 Å². The Morgan fingerprint density at radius 3 is 1.82 bits per heavy atom. The quantitative estimate of drug-likeness (QED) is 0.148. The average molecular weight is 877 g/mol. The van der Waals surface area contributed by atoms with E-state index in [0.29, 0.717) is 5.92 Å². The van der Waals surface area contributed by atoms with Crippen molar-refractivity contribution < 1.29 is 0 Å². The Labute approximate surface area is 395 Å². The third kappa shape index (κ3) is 6.76. The van der Waals surface area contributed by atoms with Gasteiger partial charge in [0, 0.05) is 59.0 Å². The molecule has 1 fully saturated rings. The molecular weight excluding hydrogens is 829 g/mol. The molecule has 0 N–H and O–H groups in total. The van der Waals surface area contributed by atoms with Gasteiger partial charge >= 0.3 is 0 Å². The number of hydrogen-bond donors (Lipinski definition) is 0. The second-order valence-corrected chi connectivity index (χ2v) is 19.3. The summed E-state index contributed by atoms with van der Waals surface area (Å²) in [6, 6.07) is 83.5. The lowest BCUT2D eigenvalue weighted by Gasteiger charge is -2.31. The normalized spacial score (nSPS) is 13.3. The summed E-state index contributed by atoms with van der Waals surface area (Å²) in [6.45, 7) is 0. The van der Waals surface area contributed by atoms with E-state index in [0.717, 1.165) is 22.7 Å². The van der Waals surface area contributed by atoms with Crippen LogP contribution in [0.15, 0.2) is 224 Å². The molecule has 2 aromatic heterocycles. The second-order valence-electron chi connectivity index (χ2n) is 18.2. The molecule has 12 aromatic rings. The maximum Gasteiger partial charge on any atom is 0.0547 e. The van der Waals surface area contributed by atoms with Gasteiger partial charge in [-0.2, -0.15) is 0 Å². The Morgan fingerprint density at radius 1 is 0.418 bits per heavy atom. The predicted octanol–water partition coefficient (Wildman–Crippen LogP) is 18.8. The van der Waals surface area contributed by atoms with Crippen LogP contribution in [0, 0.1) is 0 Å². The molecule has 3 heteroatoms. The zero-order chi connectivity index (χ0) is 44.3. The second kappa shape index (κ2) is 16.6. The van der Waals surface area contributed by atoms with Crippen molar-refractivity contribution in [3.63, 3.8) is 0 Å². The molecule has 2 nitrogen and oxygen atoms in total. The van der Waals surface area contributed by atoms with Gasteiger partial charge in [-0.25, -0.2) is 0 Å². The molecule has 0 radical (unpaired) electrons. The monoisotopic (exact) mass is 876 g/mol. The summed E-state index contributed by atoms with van der Waals surface area (Å²) in [4.78, 5) is 2.53. The number of hydrogen-bond acceptors (Lipinski definition) is 2. The summed E-state index contributed by atoms with van der Waals surface area (Å²) in [5, 5.41) is 7.84. The number of nitrogens with zero attached hydrogens (tertiary/aromatic N) is 2. The van der Waals surface area contributed by atoms with E-state index in [2.05, 4.69) is 234 Å². The predicted molar refractivity (Wildman–Crippen MR) is 288 cm³/mol. The van der Waals surface area contributed by atoms with Gasteiger partial charge < -0.3 is 9.47 Å². The maximum absolute atomic E-state index is 2.53. The van der Waals surface area contributed by atoms with Crippen molar-refractivity contribution in [2.45, 2.75) is 38.0 Å². The molecule has 1 aliphatic rings. The summed E-state index contributed by atoms with van der Waals surface area (Å²) in [7, 11) is 0. The van der Waals surface area contributed by atoms with Crippen LogP contribution in [0.5, 0.6) is 0 Å². The molecule has 1 aliphatic carbocycles. The minimum absolute atomic E-state index is 0.574. The highest BCUT2D eigenvalue weighted by atomic mass is 32.1. The molecule has 0 spiro atoms. The number of anilines is 3. The highest BCUT2D eigenvalue weighted by Gasteiger charge is 2.25. The average Bonchev–Trinajstić information content (AvgIpc) is 3.95. The van der Waals surface area contributed by atoms with Crippen molar-refractivity contribution >= 4 is 81.1 Å². The fourth-order valence-electron chi connectivity index (χ4n) is 11.3. The van der Waals surface area contributed by atoms with Crippen molar-refractivity contribution in [3.05, 3.63) is 230 Å². The molecule has 67 heavy (non-hydrogen) atoms. The van der Waals surface area contributed by atoms with Gasteiger partial charge in [0.1, 0.15) is 0 Å². The van der Waals surface area contributed by atoms with Gasteiger partial charge in [-0.3, -0.25) is 0 Å².